The highest BCUT2D eigenvalue weighted by molar-refractivity contribution is 7.86. The number of carbonyl (C=O) groups excluding carboxylic acids is 1. The first-order valence-electron chi connectivity index (χ1n) is 5.56. The molecule has 0 saturated carbocycles. The van der Waals surface area contributed by atoms with Crippen molar-refractivity contribution >= 4 is 27.7 Å². The number of nitrogens with two attached hydrogens (primary N) is 1. The van der Waals surface area contributed by atoms with Gasteiger partial charge in [0.25, 0.3) is 16.1 Å². The lowest BCUT2D eigenvalue weighted by molar-refractivity contribution is 0.0692. The molecule has 1 aromatic rings. The summed E-state index contributed by atoms with van der Waals surface area (Å²) in [6.45, 7) is 0.934. The van der Waals surface area contributed by atoms with E-state index in [2.05, 4.69) is 4.98 Å². The van der Waals surface area contributed by atoms with Crippen LogP contribution in [0.5, 0.6) is 0 Å². The fourth-order valence-corrected chi connectivity index (χ4v) is 2.66. The van der Waals surface area contributed by atoms with Crippen molar-refractivity contribution in [2.45, 2.75) is 0 Å². The van der Waals surface area contributed by atoms with Gasteiger partial charge in [-0.15, -0.1) is 0 Å². The molecule has 9 heteroatoms. The van der Waals surface area contributed by atoms with Crippen LogP contribution in [0.2, 0.25) is 5.02 Å². The first-order chi connectivity index (χ1) is 8.88. The van der Waals surface area contributed by atoms with Gasteiger partial charge in [0.1, 0.15) is 5.69 Å². The van der Waals surface area contributed by atoms with Gasteiger partial charge in [-0.2, -0.15) is 12.7 Å². The van der Waals surface area contributed by atoms with Gasteiger partial charge in [-0.3, -0.25) is 9.78 Å². The molecule has 0 radical (unpaired) electrons. The predicted molar refractivity (Wildman–Crippen MR) is 69.8 cm³/mol. The van der Waals surface area contributed by atoms with Crippen LogP contribution in [0, 0.1) is 0 Å². The molecule has 1 saturated heterocycles. The zero-order chi connectivity index (χ0) is 14.0. The van der Waals surface area contributed by atoms with Crippen LogP contribution in [-0.2, 0) is 10.2 Å². The highest BCUT2D eigenvalue weighted by Crippen LogP contribution is 2.12. The Morgan fingerprint density at radius 1 is 1.32 bits per heavy atom. The molecule has 1 aliphatic rings. The lowest BCUT2D eigenvalue weighted by Gasteiger charge is -2.32. The van der Waals surface area contributed by atoms with Gasteiger partial charge < -0.3 is 4.90 Å². The lowest BCUT2D eigenvalue weighted by Crippen LogP contribution is -2.52. The summed E-state index contributed by atoms with van der Waals surface area (Å²) in [5.74, 6) is -0.267. The molecule has 2 rings (SSSR count). The largest absolute Gasteiger partial charge is 0.335 e. The van der Waals surface area contributed by atoms with Crippen LogP contribution in [0.1, 0.15) is 10.5 Å². The molecular formula is C10H13ClN4O3S. The summed E-state index contributed by atoms with van der Waals surface area (Å²) >= 11 is 5.80. The van der Waals surface area contributed by atoms with E-state index in [0.717, 1.165) is 4.31 Å². The second-order valence-electron chi connectivity index (χ2n) is 4.10. The smallest absolute Gasteiger partial charge is 0.277 e. The molecule has 0 aromatic carbocycles. The van der Waals surface area contributed by atoms with Gasteiger partial charge in [0.15, 0.2) is 0 Å². The summed E-state index contributed by atoms with van der Waals surface area (Å²) in [5.41, 5.74) is 0.247. The maximum Gasteiger partial charge on any atom is 0.277 e. The van der Waals surface area contributed by atoms with Crippen molar-refractivity contribution in [2.24, 2.45) is 5.14 Å². The Hall–Kier alpha value is -1.22. The van der Waals surface area contributed by atoms with E-state index in [9.17, 15) is 13.2 Å². The molecule has 0 spiro atoms. The minimum Gasteiger partial charge on any atom is -0.335 e. The fraction of sp³-hybridized carbons (Fsp3) is 0.400. The number of hydrogen-bond acceptors (Lipinski definition) is 4. The molecule has 104 valence electrons. The topological polar surface area (TPSA) is 96.6 Å². The number of halogens is 1. The normalized spacial score (nSPS) is 17.5. The minimum absolute atomic E-state index is 0.186. The average molecular weight is 305 g/mol. The number of pyridine rings is 1. The SMILES string of the molecule is NS(=O)(=O)N1CCN(C(=O)c2cc(Cl)ccn2)CC1. The molecular weight excluding hydrogens is 292 g/mol. The maximum atomic E-state index is 12.1. The quantitative estimate of drug-likeness (QED) is 0.811. The van der Waals surface area contributed by atoms with Gasteiger partial charge in [0, 0.05) is 37.4 Å². The summed E-state index contributed by atoms with van der Waals surface area (Å²) in [4.78, 5) is 17.6. The van der Waals surface area contributed by atoms with Gasteiger partial charge >= 0.3 is 0 Å². The van der Waals surface area contributed by atoms with E-state index in [1.165, 1.54) is 17.2 Å². The standard InChI is InChI=1S/C10H13ClN4O3S/c11-8-1-2-13-9(7-8)10(16)14-3-5-15(6-4-14)19(12,17)18/h1-2,7H,3-6H2,(H2,12,17,18). The molecule has 2 N–H and O–H groups in total. The second-order valence-corrected chi connectivity index (χ2v) is 6.08. The Kier molecular flexibility index (Phi) is 4.04. The Bertz CT molecular complexity index is 584. The van der Waals surface area contributed by atoms with Crippen LogP contribution in [-0.4, -0.2) is 54.7 Å². The van der Waals surface area contributed by atoms with Crippen molar-refractivity contribution in [1.29, 1.82) is 0 Å². The average Bonchev–Trinajstić information content (AvgIpc) is 2.37. The van der Waals surface area contributed by atoms with Gasteiger partial charge in [0.2, 0.25) is 0 Å². The molecule has 2 heterocycles. The number of amides is 1. The summed E-state index contributed by atoms with van der Waals surface area (Å²) < 4.78 is 23.4. The number of aromatic nitrogens is 1. The van der Waals surface area contributed by atoms with Crippen LogP contribution < -0.4 is 5.14 Å². The predicted octanol–water partition coefficient (Wildman–Crippen LogP) is -0.304. The Morgan fingerprint density at radius 2 is 1.95 bits per heavy atom. The van der Waals surface area contributed by atoms with Crippen LogP contribution >= 0.6 is 11.6 Å². The molecule has 0 atom stereocenters. The van der Waals surface area contributed by atoms with Crippen molar-refractivity contribution in [2.75, 3.05) is 26.2 Å². The van der Waals surface area contributed by atoms with Crippen molar-refractivity contribution in [3.8, 4) is 0 Å². The van der Waals surface area contributed by atoms with Crippen LogP contribution in [0.4, 0.5) is 0 Å². The van der Waals surface area contributed by atoms with Crippen molar-refractivity contribution in [3.05, 3.63) is 29.0 Å². The van der Waals surface area contributed by atoms with Gasteiger partial charge in [-0.1, -0.05) is 11.6 Å². The highest BCUT2D eigenvalue weighted by Gasteiger charge is 2.27. The monoisotopic (exact) mass is 304 g/mol. The summed E-state index contributed by atoms with van der Waals surface area (Å²) in [5, 5.41) is 5.46. The molecule has 1 aromatic heterocycles. The van der Waals surface area contributed by atoms with Crippen molar-refractivity contribution in [1.82, 2.24) is 14.2 Å². The Morgan fingerprint density at radius 3 is 2.47 bits per heavy atom. The Labute approximate surface area is 116 Å². The minimum atomic E-state index is -3.69. The molecule has 0 bridgehead atoms. The van der Waals surface area contributed by atoms with Gasteiger partial charge in [-0.05, 0) is 12.1 Å². The fourth-order valence-electron chi connectivity index (χ4n) is 1.83. The zero-order valence-corrected chi connectivity index (χ0v) is 11.6. The lowest BCUT2D eigenvalue weighted by atomic mass is 10.3. The molecule has 1 aliphatic heterocycles. The van der Waals surface area contributed by atoms with E-state index in [-0.39, 0.29) is 37.8 Å². The first kappa shape index (κ1) is 14.2. The molecule has 1 amide bonds. The summed E-state index contributed by atoms with van der Waals surface area (Å²) in [6, 6.07) is 3.06. The first-order valence-corrected chi connectivity index (χ1v) is 7.45. The van der Waals surface area contributed by atoms with E-state index in [4.69, 9.17) is 16.7 Å². The maximum absolute atomic E-state index is 12.1. The third kappa shape index (κ3) is 3.41. The van der Waals surface area contributed by atoms with Gasteiger partial charge in [-0.25, -0.2) is 5.14 Å². The summed E-state index contributed by atoms with van der Waals surface area (Å²) in [6.07, 6.45) is 1.45. The second kappa shape index (κ2) is 5.41. The van der Waals surface area contributed by atoms with E-state index >= 15 is 0 Å². The number of nitrogens with zero attached hydrogens (tertiary/aromatic N) is 3. The number of piperazine rings is 1. The van der Waals surface area contributed by atoms with E-state index in [1.807, 2.05) is 0 Å². The third-order valence-corrected chi connectivity index (χ3v) is 4.15. The highest BCUT2D eigenvalue weighted by atomic mass is 35.5. The third-order valence-electron chi connectivity index (χ3n) is 2.83. The molecule has 7 nitrogen and oxygen atoms in total. The van der Waals surface area contributed by atoms with E-state index < -0.39 is 10.2 Å². The molecule has 0 unspecified atom stereocenters. The number of hydrogen-bond donors (Lipinski definition) is 1. The van der Waals surface area contributed by atoms with Crippen LogP contribution in [0.3, 0.4) is 0 Å². The Balaban J connectivity index is 2.04. The summed E-state index contributed by atoms with van der Waals surface area (Å²) in [7, 11) is -3.69. The molecule has 19 heavy (non-hydrogen) atoms. The molecule has 0 aliphatic carbocycles. The number of carbonyl (C=O) groups is 1. The van der Waals surface area contributed by atoms with Crippen molar-refractivity contribution in [3.63, 3.8) is 0 Å². The van der Waals surface area contributed by atoms with Crippen LogP contribution in [0.25, 0.3) is 0 Å². The van der Waals surface area contributed by atoms with E-state index in [1.54, 1.807) is 6.07 Å². The molecule has 1 fully saturated rings. The van der Waals surface area contributed by atoms with Crippen molar-refractivity contribution < 1.29 is 13.2 Å². The zero-order valence-electron chi connectivity index (χ0n) is 9.99. The number of rotatable bonds is 2. The van der Waals surface area contributed by atoms with Gasteiger partial charge in [0.05, 0.1) is 0 Å². The van der Waals surface area contributed by atoms with E-state index in [0.29, 0.717) is 5.02 Å². The van der Waals surface area contributed by atoms with Crippen LogP contribution in [0.15, 0.2) is 18.3 Å².